The molecule has 6 heteroatoms. The average molecular weight is 372 g/mol. The lowest BCUT2D eigenvalue weighted by Gasteiger charge is -1.99. The fraction of sp³-hybridized carbons (Fsp3) is 0.200. The topological polar surface area (TPSA) is 95.2 Å². The van der Waals surface area contributed by atoms with E-state index < -0.39 is 0 Å². The van der Waals surface area contributed by atoms with Gasteiger partial charge in [-0.05, 0) is 25.5 Å². The number of benzene rings is 1. The Morgan fingerprint density at radius 2 is 1.35 bits per heavy atom. The molecule has 0 bridgehead atoms. The van der Waals surface area contributed by atoms with Crippen LogP contribution in [0.1, 0.15) is 23.1 Å². The summed E-state index contributed by atoms with van der Waals surface area (Å²) >= 11 is 3.26. The third-order valence-corrected chi connectivity index (χ3v) is 6.49. The number of aryl methyl sites for hydroxylation is 2. The van der Waals surface area contributed by atoms with Crippen LogP contribution in [0.15, 0.2) is 12.1 Å². The van der Waals surface area contributed by atoms with Crippen molar-refractivity contribution in [3.8, 4) is 24.3 Å². The molecule has 0 atom stereocenters. The summed E-state index contributed by atoms with van der Waals surface area (Å²) in [6.45, 7) is 4.07. The number of rotatable bonds is 2. The van der Waals surface area contributed by atoms with Crippen LogP contribution >= 0.6 is 22.7 Å². The Balaban J connectivity index is 2.85. The van der Waals surface area contributed by atoms with Gasteiger partial charge in [0.2, 0.25) is 0 Å². The first-order chi connectivity index (χ1) is 12.6. The van der Waals surface area contributed by atoms with E-state index in [1.807, 2.05) is 43.3 Å². The Labute approximate surface area is 158 Å². The minimum absolute atomic E-state index is 0.0698. The lowest BCUT2D eigenvalue weighted by molar-refractivity contribution is 0.940. The smallest absolute Gasteiger partial charge is 0.138 e. The van der Waals surface area contributed by atoms with Crippen molar-refractivity contribution in [2.45, 2.75) is 26.7 Å². The van der Waals surface area contributed by atoms with Gasteiger partial charge in [0.05, 0.1) is 9.40 Å². The molecule has 0 aliphatic carbocycles. The monoisotopic (exact) mass is 372 g/mol. The highest BCUT2D eigenvalue weighted by molar-refractivity contribution is 7.27. The first-order valence-corrected chi connectivity index (χ1v) is 9.56. The number of thiophene rings is 2. The minimum Gasteiger partial charge on any atom is -0.192 e. The molecule has 0 unspecified atom stereocenters. The molecule has 26 heavy (non-hydrogen) atoms. The fourth-order valence-corrected chi connectivity index (χ4v) is 5.54. The standard InChI is InChI=1S/C20H12N4S2/c1-3-4-14-6-16-18(13(9-23)10-24)17(12(7-21)8-22)15-5-11(2)25-19(15)20(16)26-14/h5-6H,3-4H2,1-2H3. The molecule has 0 N–H and O–H groups in total. The molecule has 2 heterocycles. The second-order valence-corrected chi connectivity index (χ2v) is 8.15. The van der Waals surface area contributed by atoms with Crippen molar-refractivity contribution < 1.29 is 0 Å². The average Bonchev–Trinajstić information content (AvgIpc) is 3.21. The van der Waals surface area contributed by atoms with Crippen molar-refractivity contribution in [3.05, 3.63) is 32.3 Å². The summed E-state index contributed by atoms with van der Waals surface area (Å²) in [6.07, 6.45) is 1.89. The van der Waals surface area contributed by atoms with E-state index in [9.17, 15) is 21.0 Å². The van der Waals surface area contributed by atoms with Crippen LogP contribution in [0.4, 0.5) is 0 Å². The Morgan fingerprint density at radius 1 is 0.846 bits per heavy atom. The zero-order valence-electron chi connectivity index (χ0n) is 14.2. The maximum absolute atomic E-state index is 9.50. The molecule has 2 aromatic heterocycles. The summed E-state index contributed by atoms with van der Waals surface area (Å²) in [5, 5.41) is 40.3. The van der Waals surface area contributed by atoms with Crippen LogP contribution in [0.2, 0.25) is 0 Å². The first kappa shape index (κ1) is 17.7. The summed E-state index contributed by atoms with van der Waals surface area (Å²) in [6, 6.07) is 11.7. The van der Waals surface area contributed by atoms with Crippen molar-refractivity contribution in [1.29, 1.82) is 21.0 Å². The van der Waals surface area contributed by atoms with Crippen LogP contribution in [0.5, 0.6) is 0 Å². The number of nitrogens with zero attached hydrogens (tertiary/aromatic N) is 4. The second-order valence-electron chi connectivity index (χ2n) is 5.75. The van der Waals surface area contributed by atoms with E-state index in [0.717, 1.165) is 37.9 Å². The van der Waals surface area contributed by atoms with E-state index in [4.69, 9.17) is 0 Å². The third-order valence-electron chi connectivity index (χ3n) is 4.08. The van der Waals surface area contributed by atoms with Gasteiger partial charge in [-0.3, -0.25) is 0 Å². The molecule has 124 valence electrons. The molecule has 3 rings (SSSR count). The third kappa shape index (κ3) is 2.63. The van der Waals surface area contributed by atoms with Gasteiger partial charge in [0.25, 0.3) is 0 Å². The molecule has 4 nitrogen and oxygen atoms in total. The fourth-order valence-electron chi connectivity index (χ4n) is 3.10. The Hall–Kier alpha value is -3.16. The first-order valence-electron chi connectivity index (χ1n) is 7.93. The lowest BCUT2D eigenvalue weighted by atomic mass is 10.0. The number of hydrogen-bond acceptors (Lipinski definition) is 6. The van der Waals surface area contributed by atoms with Crippen molar-refractivity contribution in [3.63, 3.8) is 0 Å². The van der Waals surface area contributed by atoms with Gasteiger partial charge < -0.3 is 0 Å². The summed E-state index contributed by atoms with van der Waals surface area (Å²) in [5.74, 6) is 0. The van der Waals surface area contributed by atoms with Crippen LogP contribution in [0.3, 0.4) is 0 Å². The quantitative estimate of drug-likeness (QED) is 0.684. The Bertz CT molecular complexity index is 1310. The summed E-state index contributed by atoms with van der Waals surface area (Å²) in [4.78, 5) is 2.22. The molecule has 0 spiro atoms. The summed E-state index contributed by atoms with van der Waals surface area (Å²) < 4.78 is 2.01. The molecule has 0 radical (unpaired) electrons. The van der Waals surface area contributed by atoms with E-state index >= 15 is 0 Å². The van der Waals surface area contributed by atoms with Gasteiger partial charge in [-0.1, -0.05) is 13.3 Å². The van der Waals surface area contributed by atoms with Gasteiger partial charge in [-0.2, -0.15) is 21.0 Å². The number of hydrogen-bond donors (Lipinski definition) is 0. The maximum atomic E-state index is 9.50. The van der Waals surface area contributed by atoms with Crippen LogP contribution in [-0.4, -0.2) is 0 Å². The molecular formula is C20H12N4S2. The highest BCUT2D eigenvalue weighted by atomic mass is 32.1. The highest BCUT2D eigenvalue weighted by Crippen LogP contribution is 2.35. The maximum Gasteiger partial charge on any atom is 0.138 e. The van der Waals surface area contributed by atoms with Gasteiger partial charge in [-0.25, -0.2) is 0 Å². The van der Waals surface area contributed by atoms with E-state index in [1.165, 1.54) is 4.88 Å². The second kappa shape index (κ2) is 6.99. The van der Waals surface area contributed by atoms with E-state index in [2.05, 4.69) is 6.92 Å². The van der Waals surface area contributed by atoms with E-state index in [0.29, 0.717) is 10.4 Å². The summed E-state index contributed by atoms with van der Waals surface area (Å²) in [5.41, 5.74) is -0.143. The zero-order chi connectivity index (χ0) is 18.8. The van der Waals surface area contributed by atoms with E-state index in [-0.39, 0.29) is 11.1 Å². The van der Waals surface area contributed by atoms with Gasteiger partial charge in [-0.15, -0.1) is 22.7 Å². The van der Waals surface area contributed by atoms with Crippen molar-refractivity contribution in [1.82, 2.24) is 0 Å². The predicted molar refractivity (Wildman–Crippen MR) is 104 cm³/mol. The molecule has 0 fully saturated rings. The normalized spacial score (nSPS) is 10.1. The van der Waals surface area contributed by atoms with Gasteiger partial charge in [0.15, 0.2) is 0 Å². The molecule has 3 aromatic rings. The number of nitriles is 4. The van der Waals surface area contributed by atoms with Crippen LogP contribution < -0.4 is 10.4 Å². The van der Waals surface area contributed by atoms with Gasteiger partial charge >= 0.3 is 0 Å². The summed E-state index contributed by atoms with van der Waals surface area (Å²) in [7, 11) is 0. The largest absolute Gasteiger partial charge is 0.192 e. The van der Waals surface area contributed by atoms with Crippen LogP contribution in [-0.2, 0) is 6.42 Å². The molecule has 0 saturated heterocycles. The molecule has 0 saturated carbocycles. The molecular weight excluding hydrogens is 360 g/mol. The Kier molecular flexibility index (Phi) is 4.75. The lowest BCUT2D eigenvalue weighted by Crippen LogP contribution is -2.30. The molecule has 0 aliphatic rings. The van der Waals surface area contributed by atoms with Crippen molar-refractivity contribution in [2.75, 3.05) is 0 Å². The van der Waals surface area contributed by atoms with E-state index in [1.54, 1.807) is 22.7 Å². The van der Waals surface area contributed by atoms with Gasteiger partial charge in [0, 0.05) is 31.0 Å². The van der Waals surface area contributed by atoms with Crippen molar-refractivity contribution in [2.24, 2.45) is 0 Å². The number of fused-ring (bicyclic) bond motifs is 3. The Morgan fingerprint density at radius 3 is 1.85 bits per heavy atom. The molecule has 0 aliphatic heterocycles. The predicted octanol–water partition coefficient (Wildman–Crippen LogP) is 3.77. The molecule has 1 aromatic carbocycles. The van der Waals surface area contributed by atoms with Crippen LogP contribution in [0.25, 0.3) is 31.3 Å². The van der Waals surface area contributed by atoms with Crippen molar-refractivity contribution >= 4 is 54.0 Å². The zero-order valence-corrected chi connectivity index (χ0v) is 15.8. The SMILES string of the molecule is CCCc1cc2c(=C(C#N)C#N)c(=C(C#N)C#N)c3cc(C)sc3c2s1. The highest BCUT2D eigenvalue weighted by Gasteiger charge is 2.17. The molecule has 0 amide bonds. The van der Waals surface area contributed by atoms with Crippen LogP contribution in [0, 0.1) is 52.2 Å². The van der Waals surface area contributed by atoms with Gasteiger partial charge in [0.1, 0.15) is 35.4 Å². The minimum atomic E-state index is -0.0732.